The Labute approximate surface area is 146 Å². The minimum Gasteiger partial charge on any atom is -0.347 e. The molecule has 0 saturated carbocycles. The summed E-state index contributed by atoms with van der Waals surface area (Å²) in [6.07, 6.45) is 2.58. The van der Waals surface area contributed by atoms with Crippen molar-refractivity contribution >= 4 is 17.5 Å². The van der Waals surface area contributed by atoms with Crippen LogP contribution in [0.2, 0.25) is 5.02 Å². The predicted octanol–water partition coefficient (Wildman–Crippen LogP) is 2.49. The molecule has 3 rings (SSSR count). The molecule has 1 aliphatic heterocycles. The third-order valence-electron chi connectivity index (χ3n) is 4.25. The molecule has 0 radical (unpaired) electrons. The van der Waals surface area contributed by atoms with Crippen LogP contribution in [-0.4, -0.2) is 59.1 Å². The van der Waals surface area contributed by atoms with Crippen molar-refractivity contribution in [3.8, 4) is 11.4 Å². The summed E-state index contributed by atoms with van der Waals surface area (Å²) in [5.74, 6) is 1.28. The number of hydrogen-bond donors (Lipinski definition) is 0. The third-order valence-corrected chi connectivity index (χ3v) is 4.49. The molecule has 0 bridgehead atoms. The molecule has 6 nitrogen and oxygen atoms in total. The first-order valence-electron chi connectivity index (χ1n) is 8.08. The van der Waals surface area contributed by atoms with Gasteiger partial charge in [0.15, 0.2) is 0 Å². The molecule has 2 heterocycles. The standard InChI is InChI=1S/C17H21ClN4O2/c1-21(2)17(23)14-7-4-9-22(14)10-8-15-19-16(20-24-15)12-5-3-6-13(18)11-12/h3,5-6,11,14H,4,7-10H2,1-2H3/t14-/m0/s1. The van der Waals surface area contributed by atoms with Crippen molar-refractivity contribution in [1.82, 2.24) is 19.9 Å². The molecule has 1 amide bonds. The molecular weight excluding hydrogens is 328 g/mol. The number of halogens is 1. The van der Waals surface area contributed by atoms with Crippen LogP contribution < -0.4 is 0 Å². The normalized spacial score (nSPS) is 18.0. The summed E-state index contributed by atoms with van der Waals surface area (Å²) in [6.45, 7) is 1.67. The Morgan fingerprint density at radius 3 is 3.04 bits per heavy atom. The zero-order chi connectivity index (χ0) is 17.1. The molecule has 0 N–H and O–H groups in total. The molecule has 7 heteroatoms. The smallest absolute Gasteiger partial charge is 0.239 e. The Bertz CT molecular complexity index is 716. The Hall–Kier alpha value is -1.92. The van der Waals surface area contributed by atoms with Crippen molar-refractivity contribution in [3.63, 3.8) is 0 Å². The van der Waals surface area contributed by atoms with Gasteiger partial charge < -0.3 is 9.42 Å². The summed E-state index contributed by atoms with van der Waals surface area (Å²) in [5, 5.41) is 4.66. The van der Waals surface area contributed by atoms with Gasteiger partial charge in [-0.15, -0.1) is 0 Å². The third kappa shape index (κ3) is 3.76. The fourth-order valence-corrected chi connectivity index (χ4v) is 3.20. The SMILES string of the molecule is CN(C)C(=O)[C@@H]1CCCN1CCc1nc(-c2cccc(Cl)c2)no1. The van der Waals surface area contributed by atoms with Crippen LogP contribution in [0.15, 0.2) is 28.8 Å². The van der Waals surface area contributed by atoms with E-state index in [1.54, 1.807) is 25.1 Å². The molecule has 1 aromatic carbocycles. The maximum Gasteiger partial charge on any atom is 0.239 e. The van der Waals surface area contributed by atoms with Crippen LogP contribution in [0.3, 0.4) is 0 Å². The lowest BCUT2D eigenvalue weighted by Gasteiger charge is -2.25. The summed E-state index contributed by atoms with van der Waals surface area (Å²) >= 11 is 5.99. The fourth-order valence-electron chi connectivity index (χ4n) is 3.01. The van der Waals surface area contributed by atoms with Crippen LogP contribution in [-0.2, 0) is 11.2 Å². The molecule has 1 aromatic heterocycles. The summed E-state index contributed by atoms with van der Waals surface area (Å²) < 4.78 is 5.34. The van der Waals surface area contributed by atoms with E-state index >= 15 is 0 Å². The van der Waals surface area contributed by atoms with E-state index in [4.69, 9.17) is 16.1 Å². The van der Waals surface area contributed by atoms with Crippen LogP contribution >= 0.6 is 11.6 Å². The molecule has 128 valence electrons. The van der Waals surface area contributed by atoms with E-state index in [0.717, 1.165) is 31.5 Å². The first kappa shape index (κ1) is 16.9. The van der Waals surface area contributed by atoms with Crippen LogP contribution in [0.1, 0.15) is 18.7 Å². The van der Waals surface area contributed by atoms with Gasteiger partial charge in [-0.25, -0.2) is 0 Å². The number of carbonyl (C=O) groups is 1. The van der Waals surface area contributed by atoms with E-state index in [1.165, 1.54) is 0 Å². The van der Waals surface area contributed by atoms with Gasteiger partial charge in [0.1, 0.15) is 0 Å². The highest BCUT2D eigenvalue weighted by Gasteiger charge is 2.31. The topological polar surface area (TPSA) is 62.5 Å². The average molecular weight is 349 g/mol. The average Bonchev–Trinajstić information content (AvgIpc) is 3.21. The second-order valence-corrected chi connectivity index (χ2v) is 6.64. The molecule has 0 unspecified atom stereocenters. The Morgan fingerprint density at radius 2 is 2.29 bits per heavy atom. The van der Waals surface area contributed by atoms with Crippen molar-refractivity contribution in [2.75, 3.05) is 27.2 Å². The number of likely N-dealkylation sites (N-methyl/N-ethyl adjacent to an activating group) is 1. The van der Waals surface area contributed by atoms with Crippen LogP contribution in [0, 0.1) is 0 Å². The summed E-state index contributed by atoms with van der Waals surface area (Å²) in [6, 6.07) is 7.33. The van der Waals surface area contributed by atoms with Crippen LogP contribution in [0.25, 0.3) is 11.4 Å². The van der Waals surface area contributed by atoms with E-state index in [1.807, 2.05) is 18.2 Å². The quantitative estimate of drug-likeness (QED) is 0.830. The highest BCUT2D eigenvalue weighted by molar-refractivity contribution is 6.30. The first-order chi connectivity index (χ1) is 11.5. The lowest BCUT2D eigenvalue weighted by Crippen LogP contribution is -2.43. The van der Waals surface area contributed by atoms with Crippen molar-refractivity contribution in [2.45, 2.75) is 25.3 Å². The largest absolute Gasteiger partial charge is 0.347 e. The summed E-state index contributed by atoms with van der Waals surface area (Å²) in [5.41, 5.74) is 0.833. The number of likely N-dealkylation sites (tertiary alicyclic amines) is 1. The first-order valence-corrected chi connectivity index (χ1v) is 8.46. The highest BCUT2D eigenvalue weighted by atomic mass is 35.5. The van der Waals surface area contributed by atoms with E-state index in [2.05, 4.69) is 15.0 Å². The van der Waals surface area contributed by atoms with Gasteiger partial charge >= 0.3 is 0 Å². The minimum atomic E-state index is -0.0321. The zero-order valence-electron chi connectivity index (χ0n) is 13.9. The second-order valence-electron chi connectivity index (χ2n) is 6.20. The molecular formula is C17H21ClN4O2. The van der Waals surface area contributed by atoms with Crippen LogP contribution in [0.4, 0.5) is 0 Å². The lowest BCUT2D eigenvalue weighted by molar-refractivity contribution is -0.133. The van der Waals surface area contributed by atoms with E-state index in [0.29, 0.717) is 23.2 Å². The second kappa shape index (κ2) is 7.32. The molecule has 0 aliphatic carbocycles. The molecule has 1 saturated heterocycles. The van der Waals surface area contributed by atoms with Gasteiger partial charge in [-0.3, -0.25) is 9.69 Å². The number of amides is 1. The zero-order valence-corrected chi connectivity index (χ0v) is 14.7. The van der Waals surface area contributed by atoms with Gasteiger partial charge in [0, 0.05) is 37.6 Å². The predicted molar refractivity (Wildman–Crippen MR) is 91.7 cm³/mol. The van der Waals surface area contributed by atoms with Crippen molar-refractivity contribution < 1.29 is 9.32 Å². The summed E-state index contributed by atoms with van der Waals surface area (Å²) in [4.78, 5) is 20.5. The van der Waals surface area contributed by atoms with Crippen molar-refractivity contribution in [1.29, 1.82) is 0 Å². The van der Waals surface area contributed by atoms with Gasteiger partial charge in [0.2, 0.25) is 17.6 Å². The van der Waals surface area contributed by atoms with E-state index in [-0.39, 0.29) is 11.9 Å². The fraction of sp³-hybridized carbons (Fsp3) is 0.471. The maximum atomic E-state index is 12.2. The monoisotopic (exact) mass is 348 g/mol. The number of aromatic nitrogens is 2. The van der Waals surface area contributed by atoms with Crippen molar-refractivity contribution in [3.05, 3.63) is 35.2 Å². The number of hydrogen-bond acceptors (Lipinski definition) is 5. The minimum absolute atomic E-state index is 0.0321. The molecule has 1 aliphatic rings. The van der Waals surface area contributed by atoms with Gasteiger partial charge in [-0.1, -0.05) is 28.9 Å². The van der Waals surface area contributed by atoms with E-state index in [9.17, 15) is 4.79 Å². The van der Waals surface area contributed by atoms with Crippen LogP contribution in [0.5, 0.6) is 0 Å². The van der Waals surface area contributed by atoms with Gasteiger partial charge in [0.25, 0.3) is 0 Å². The summed E-state index contributed by atoms with van der Waals surface area (Å²) in [7, 11) is 3.60. The number of nitrogens with zero attached hydrogens (tertiary/aromatic N) is 4. The van der Waals surface area contributed by atoms with Crippen molar-refractivity contribution in [2.24, 2.45) is 0 Å². The van der Waals surface area contributed by atoms with E-state index < -0.39 is 0 Å². The van der Waals surface area contributed by atoms with Gasteiger partial charge in [-0.05, 0) is 31.5 Å². The number of benzene rings is 1. The molecule has 1 fully saturated rings. The van der Waals surface area contributed by atoms with Gasteiger partial charge in [-0.2, -0.15) is 4.98 Å². The maximum absolute atomic E-state index is 12.2. The Balaban J connectivity index is 1.62. The Kier molecular flexibility index (Phi) is 5.16. The number of carbonyl (C=O) groups excluding carboxylic acids is 1. The Morgan fingerprint density at radius 1 is 1.46 bits per heavy atom. The lowest BCUT2D eigenvalue weighted by atomic mass is 10.2. The highest BCUT2D eigenvalue weighted by Crippen LogP contribution is 2.21. The molecule has 1 atom stereocenters. The number of rotatable bonds is 5. The van der Waals surface area contributed by atoms with Gasteiger partial charge in [0.05, 0.1) is 6.04 Å². The molecule has 2 aromatic rings. The molecule has 24 heavy (non-hydrogen) atoms. The molecule has 0 spiro atoms.